The third kappa shape index (κ3) is 3.30. The zero-order chi connectivity index (χ0) is 13.5. The van der Waals surface area contributed by atoms with Crippen LogP contribution in [0, 0.1) is 18.7 Å². The number of hydrogen-bond donors (Lipinski definition) is 1. The molecule has 1 N–H and O–H groups in total. The van der Waals surface area contributed by atoms with Gasteiger partial charge in [0.05, 0.1) is 0 Å². The monoisotopic (exact) mass is 247 g/mol. The van der Waals surface area contributed by atoms with Gasteiger partial charge in [0.2, 0.25) is 0 Å². The van der Waals surface area contributed by atoms with Gasteiger partial charge in [-0.15, -0.1) is 6.58 Å². The van der Waals surface area contributed by atoms with Gasteiger partial charge in [-0.3, -0.25) is 0 Å². The third-order valence-electron chi connectivity index (χ3n) is 3.20. The van der Waals surface area contributed by atoms with Gasteiger partial charge >= 0.3 is 0 Å². The maximum absolute atomic E-state index is 14.2. The summed E-state index contributed by atoms with van der Waals surface area (Å²) in [6, 6.07) is 5.57. The molecule has 98 valence electrons. The number of nitrogens with one attached hydrogen (secondary N) is 1. The predicted molar refractivity (Wildman–Crippen MR) is 76.3 cm³/mol. The zero-order valence-corrected chi connectivity index (χ0v) is 11.4. The van der Waals surface area contributed by atoms with Crippen LogP contribution in [-0.4, -0.2) is 13.6 Å². The molecular formula is C16H22FN. The average Bonchev–Trinajstić information content (AvgIpc) is 2.37. The molecule has 2 atom stereocenters. The number of halogens is 1. The molecule has 18 heavy (non-hydrogen) atoms. The molecule has 0 aliphatic heterocycles. The lowest BCUT2D eigenvalue weighted by Gasteiger charge is -2.23. The highest BCUT2D eigenvalue weighted by Crippen LogP contribution is 2.29. The lowest BCUT2D eigenvalue weighted by molar-refractivity contribution is 0.513. The first kappa shape index (κ1) is 14.7. The third-order valence-corrected chi connectivity index (χ3v) is 3.20. The second-order valence-electron chi connectivity index (χ2n) is 4.48. The molecule has 0 aliphatic rings. The smallest absolute Gasteiger partial charge is 0.129 e. The molecule has 0 radical (unpaired) electrons. The van der Waals surface area contributed by atoms with Crippen LogP contribution in [0.25, 0.3) is 0 Å². The fraction of sp³-hybridized carbons (Fsp3) is 0.375. The van der Waals surface area contributed by atoms with Crippen molar-refractivity contribution in [2.75, 3.05) is 13.6 Å². The Morgan fingerprint density at radius 2 is 2.17 bits per heavy atom. The van der Waals surface area contributed by atoms with E-state index in [0.29, 0.717) is 5.56 Å². The first-order valence-electron chi connectivity index (χ1n) is 6.30. The Morgan fingerprint density at radius 3 is 2.72 bits per heavy atom. The van der Waals surface area contributed by atoms with Gasteiger partial charge in [0, 0.05) is 18.4 Å². The molecule has 1 rings (SSSR count). The Labute approximate surface area is 109 Å². The van der Waals surface area contributed by atoms with Crippen LogP contribution < -0.4 is 5.32 Å². The summed E-state index contributed by atoms with van der Waals surface area (Å²) in [6.07, 6.45) is 5.93. The van der Waals surface area contributed by atoms with Crippen molar-refractivity contribution in [2.45, 2.75) is 19.8 Å². The summed E-state index contributed by atoms with van der Waals surface area (Å²) < 4.78 is 14.2. The molecule has 0 fully saturated rings. The van der Waals surface area contributed by atoms with E-state index in [0.717, 1.165) is 12.1 Å². The fourth-order valence-electron chi connectivity index (χ4n) is 2.23. The van der Waals surface area contributed by atoms with Crippen molar-refractivity contribution < 1.29 is 4.39 Å². The highest BCUT2D eigenvalue weighted by atomic mass is 19.1. The second kappa shape index (κ2) is 7.12. The number of hydrogen-bond acceptors (Lipinski definition) is 1. The van der Waals surface area contributed by atoms with Crippen LogP contribution in [0.3, 0.4) is 0 Å². The first-order valence-corrected chi connectivity index (χ1v) is 6.30. The zero-order valence-electron chi connectivity index (χ0n) is 11.4. The van der Waals surface area contributed by atoms with Gasteiger partial charge in [0.15, 0.2) is 0 Å². The quantitative estimate of drug-likeness (QED) is 0.754. The first-order chi connectivity index (χ1) is 8.65. The van der Waals surface area contributed by atoms with Crippen molar-refractivity contribution in [1.82, 2.24) is 5.32 Å². The molecule has 0 bridgehead atoms. The van der Waals surface area contributed by atoms with Crippen molar-refractivity contribution in [3.8, 4) is 0 Å². The van der Waals surface area contributed by atoms with Crippen LogP contribution >= 0.6 is 0 Å². The Balaban J connectivity index is 3.18. The summed E-state index contributed by atoms with van der Waals surface area (Å²) in [5, 5.41) is 3.14. The highest BCUT2D eigenvalue weighted by Gasteiger charge is 2.21. The van der Waals surface area contributed by atoms with E-state index in [9.17, 15) is 4.39 Å². The molecule has 0 aliphatic carbocycles. The molecule has 0 aromatic heterocycles. The largest absolute Gasteiger partial charge is 0.319 e. The summed E-state index contributed by atoms with van der Waals surface area (Å²) in [5.74, 6) is 0.108. The number of allylic oxidation sites excluding steroid dienone is 3. The molecule has 0 saturated carbocycles. The standard InChI is InChI=1S/C16H22FN/c1-5-8-13(6-2)15(11-18-4)14-10-7-9-12(3)16(14)17/h5-10,13,15,18H,2,11H2,1,3-4H3/b8-5+. The summed E-state index contributed by atoms with van der Waals surface area (Å²) in [7, 11) is 1.89. The molecule has 0 saturated heterocycles. The van der Waals surface area contributed by atoms with E-state index in [4.69, 9.17) is 0 Å². The minimum Gasteiger partial charge on any atom is -0.319 e. The Morgan fingerprint density at radius 1 is 1.44 bits per heavy atom. The molecule has 1 nitrogen and oxygen atoms in total. The Kier molecular flexibility index (Phi) is 5.79. The van der Waals surface area contributed by atoms with Crippen molar-refractivity contribution in [3.05, 3.63) is 60.0 Å². The van der Waals surface area contributed by atoms with Crippen LogP contribution in [-0.2, 0) is 0 Å². The normalized spacial score (nSPS) is 14.7. The molecule has 0 spiro atoms. The lowest BCUT2D eigenvalue weighted by Crippen LogP contribution is -2.23. The summed E-state index contributed by atoms with van der Waals surface area (Å²) in [4.78, 5) is 0. The van der Waals surface area contributed by atoms with Crippen LogP contribution in [0.4, 0.5) is 4.39 Å². The van der Waals surface area contributed by atoms with Gasteiger partial charge in [-0.2, -0.15) is 0 Å². The van der Waals surface area contributed by atoms with E-state index in [1.54, 1.807) is 13.0 Å². The number of likely N-dealkylation sites (N-methyl/N-ethyl adjacent to an activating group) is 1. The van der Waals surface area contributed by atoms with E-state index in [1.165, 1.54) is 0 Å². The Hall–Kier alpha value is -1.41. The van der Waals surface area contributed by atoms with E-state index < -0.39 is 0 Å². The molecule has 2 unspecified atom stereocenters. The van der Waals surface area contributed by atoms with E-state index in [-0.39, 0.29) is 17.7 Å². The maximum Gasteiger partial charge on any atom is 0.129 e. The molecular weight excluding hydrogens is 225 g/mol. The van der Waals surface area contributed by atoms with Crippen molar-refractivity contribution in [3.63, 3.8) is 0 Å². The molecule has 0 amide bonds. The van der Waals surface area contributed by atoms with Gasteiger partial charge in [-0.05, 0) is 32.0 Å². The van der Waals surface area contributed by atoms with Gasteiger partial charge in [0.25, 0.3) is 0 Å². The predicted octanol–water partition coefficient (Wildman–Crippen LogP) is 3.82. The van der Waals surface area contributed by atoms with Crippen LogP contribution in [0.5, 0.6) is 0 Å². The van der Waals surface area contributed by atoms with Crippen LogP contribution in [0.1, 0.15) is 24.0 Å². The van der Waals surface area contributed by atoms with Crippen LogP contribution in [0.2, 0.25) is 0 Å². The Bertz CT molecular complexity index is 423. The van der Waals surface area contributed by atoms with Crippen LogP contribution in [0.15, 0.2) is 43.0 Å². The highest BCUT2D eigenvalue weighted by molar-refractivity contribution is 5.30. The van der Waals surface area contributed by atoms with Gasteiger partial charge in [-0.1, -0.05) is 36.4 Å². The fourth-order valence-corrected chi connectivity index (χ4v) is 2.23. The minimum absolute atomic E-state index is 0.0728. The minimum atomic E-state index is -0.103. The number of aryl methyl sites for hydroxylation is 1. The topological polar surface area (TPSA) is 12.0 Å². The van der Waals surface area contributed by atoms with Crippen molar-refractivity contribution in [1.29, 1.82) is 0 Å². The number of benzene rings is 1. The SMILES string of the molecule is C=CC(/C=C/C)C(CNC)c1cccc(C)c1F. The maximum atomic E-state index is 14.2. The molecule has 1 aromatic carbocycles. The van der Waals surface area contributed by atoms with E-state index in [2.05, 4.69) is 18.0 Å². The second-order valence-corrected chi connectivity index (χ2v) is 4.48. The summed E-state index contributed by atoms with van der Waals surface area (Å²) in [6.45, 7) is 8.35. The van der Waals surface area contributed by atoms with Gasteiger partial charge in [0.1, 0.15) is 5.82 Å². The van der Waals surface area contributed by atoms with Gasteiger partial charge < -0.3 is 5.32 Å². The summed E-state index contributed by atoms with van der Waals surface area (Å²) >= 11 is 0. The van der Waals surface area contributed by atoms with E-state index >= 15 is 0 Å². The number of rotatable bonds is 6. The summed E-state index contributed by atoms with van der Waals surface area (Å²) in [5.41, 5.74) is 1.45. The molecule has 1 aromatic rings. The molecule has 2 heteroatoms. The average molecular weight is 247 g/mol. The molecule has 0 heterocycles. The lowest BCUT2D eigenvalue weighted by atomic mass is 9.84. The van der Waals surface area contributed by atoms with E-state index in [1.807, 2.05) is 38.3 Å². The van der Waals surface area contributed by atoms with Gasteiger partial charge in [-0.25, -0.2) is 4.39 Å². The van der Waals surface area contributed by atoms with Crippen molar-refractivity contribution >= 4 is 0 Å². The van der Waals surface area contributed by atoms with Crippen molar-refractivity contribution in [2.24, 2.45) is 5.92 Å².